The second-order valence-electron chi connectivity index (χ2n) is 6.13. The maximum Gasteiger partial charge on any atom is 0.240 e. The first kappa shape index (κ1) is 19.8. The molecule has 0 saturated carbocycles. The molecule has 2 aromatic heterocycles. The summed E-state index contributed by atoms with van der Waals surface area (Å²) in [5, 5.41) is 9.01. The molecule has 0 N–H and O–H groups in total. The summed E-state index contributed by atoms with van der Waals surface area (Å²) in [7, 11) is 0. The van der Waals surface area contributed by atoms with Gasteiger partial charge in [0.25, 0.3) is 0 Å². The van der Waals surface area contributed by atoms with Crippen LogP contribution in [0, 0.1) is 0 Å². The number of rotatable bonds is 8. The van der Waals surface area contributed by atoms with Gasteiger partial charge in [-0.25, -0.2) is 0 Å². The zero-order chi connectivity index (χ0) is 19.9. The fraction of sp³-hybridized carbons (Fsp3) is 0.238. The highest BCUT2D eigenvalue weighted by Gasteiger charge is 2.24. The molecule has 1 atom stereocenters. The number of hydrogen-bond acceptors (Lipinski definition) is 5. The molecule has 3 rings (SSSR count). The number of aromatic nitrogens is 4. The Morgan fingerprint density at radius 1 is 1.25 bits per heavy atom. The van der Waals surface area contributed by atoms with Crippen LogP contribution in [0.2, 0.25) is 0 Å². The van der Waals surface area contributed by atoms with E-state index in [1.165, 1.54) is 11.8 Å². The summed E-state index contributed by atoms with van der Waals surface area (Å²) in [6.45, 7) is 8.86. The molecule has 0 spiro atoms. The van der Waals surface area contributed by atoms with Crippen molar-refractivity contribution in [2.24, 2.45) is 0 Å². The van der Waals surface area contributed by atoms with Crippen LogP contribution in [0.25, 0.3) is 11.4 Å². The Morgan fingerprint density at radius 2 is 2.04 bits per heavy atom. The summed E-state index contributed by atoms with van der Waals surface area (Å²) in [6, 6.07) is 13.5. The standard InChI is InChI=1S/C21H23N5OS/c1-4-14-26-19(17-10-9-13-22-15-17)23-24-21(26)28-16(3)20(27)25(5-2)18-11-7-6-8-12-18/h4,6-13,15-16H,1,5,14H2,2-3H3/t16-/m1/s1. The molecule has 28 heavy (non-hydrogen) atoms. The Bertz CT molecular complexity index is 926. The molecule has 0 aliphatic rings. The lowest BCUT2D eigenvalue weighted by atomic mass is 10.2. The second kappa shape index (κ2) is 9.32. The number of amides is 1. The first-order valence-electron chi connectivity index (χ1n) is 9.13. The third-order valence-electron chi connectivity index (χ3n) is 4.23. The van der Waals surface area contributed by atoms with E-state index in [4.69, 9.17) is 0 Å². The highest BCUT2D eigenvalue weighted by Crippen LogP contribution is 2.28. The van der Waals surface area contributed by atoms with Gasteiger partial charge in [0.2, 0.25) is 5.91 Å². The Labute approximate surface area is 169 Å². The van der Waals surface area contributed by atoms with E-state index in [0.29, 0.717) is 24.1 Å². The lowest BCUT2D eigenvalue weighted by Gasteiger charge is -2.24. The summed E-state index contributed by atoms with van der Waals surface area (Å²) in [5.41, 5.74) is 1.77. The van der Waals surface area contributed by atoms with Gasteiger partial charge in [0, 0.05) is 36.7 Å². The lowest BCUT2D eigenvalue weighted by Crippen LogP contribution is -2.36. The van der Waals surface area contributed by atoms with Crippen LogP contribution in [0.1, 0.15) is 13.8 Å². The van der Waals surface area contributed by atoms with E-state index in [1.807, 2.05) is 60.9 Å². The van der Waals surface area contributed by atoms with Gasteiger partial charge in [-0.1, -0.05) is 36.0 Å². The van der Waals surface area contributed by atoms with Gasteiger partial charge in [-0.15, -0.1) is 16.8 Å². The molecule has 0 bridgehead atoms. The summed E-state index contributed by atoms with van der Waals surface area (Å²) < 4.78 is 1.96. The van der Waals surface area contributed by atoms with Crippen molar-refractivity contribution in [3.63, 3.8) is 0 Å². The molecular formula is C21H23N5OS. The number of carbonyl (C=O) groups excluding carboxylic acids is 1. The number of hydrogen-bond donors (Lipinski definition) is 0. The van der Waals surface area contributed by atoms with Gasteiger partial charge in [0.15, 0.2) is 11.0 Å². The predicted octanol–water partition coefficient (Wildman–Crippen LogP) is 4.06. The molecule has 0 fully saturated rings. The summed E-state index contributed by atoms with van der Waals surface area (Å²) in [4.78, 5) is 19.0. The average molecular weight is 394 g/mol. The van der Waals surface area contributed by atoms with E-state index in [-0.39, 0.29) is 11.2 Å². The van der Waals surface area contributed by atoms with Crippen LogP contribution < -0.4 is 4.90 Å². The highest BCUT2D eigenvalue weighted by atomic mass is 32.2. The SMILES string of the molecule is C=CCn1c(S[C@H](C)C(=O)N(CC)c2ccccc2)nnc1-c1cccnc1. The second-order valence-corrected chi connectivity index (χ2v) is 7.43. The van der Waals surface area contributed by atoms with E-state index >= 15 is 0 Å². The van der Waals surface area contributed by atoms with Gasteiger partial charge in [-0.05, 0) is 38.1 Å². The fourth-order valence-electron chi connectivity index (χ4n) is 2.88. The van der Waals surface area contributed by atoms with Crippen molar-refractivity contribution in [1.29, 1.82) is 0 Å². The number of carbonyl (C=O) groups is 1. The zero-order valence-electron chi connectivity index (χ0n) is 16.0. The largest absolute Gasteiger partial charge is 0.312 e. The number of anilines is 1. The Balaban J connectivity index is 1.83. The topological polar surface area (TPSA) is 63.9 Å². The molecule has 1 amide bonds. The van der Waals surface area contributed by atoms with Crippen LogP contribution in [-0.2, 0) is 11.3 Å². The Hall–Kier alpha value is -2.93. The molecule has 0 unspecified atom stereocenters. The van der Waals surface area contributed by atoms with Crippen molar-refractivity contribution < 1.29 is 4.79 Å². The molecule has 144 valence electrons. The Morgan fingerprint density at radius 3 is 2.68 bits per heavy atom. The monoisotopic (exact) mass is 393 g/mol. The van der Waals surface area contributed by atoms with Gasteiger partial charge >= 0.3 is 0 Å². The number of nitrogens with zero attached hydrogens (tertiary/aromatic N) is 5. The molecule has 0 radical (unpaired) electrons. The van der Waals surface area contributed by atoms with Crippen LogP contribution in [0.3, 0.4) is 0 Å². The van der Waals surface area contributed by atoms with Crippen molar-refractivity contribution in [3.05, 3.63) is 67.5 Å². The summed E-state index contributed by atoms with van der Waals surface area (Å²) >= 11 is 1.40. The number of thioether (sulfide) groups is 1. The van der Waals surface area contributed by atoms with Crippen molar-refractivity contribution in [3.8, 4) is 11.4 Å². The van der Waals surface area contributed by atoms with E-state index in [1.54, 1.807) is 23.4 Å². The molecule has 0 saturated heterocycles. The van der Waals surface area contributed by atoms with Gasteiger partial charge in [-0.2, -0.15) is 0 Å². The molecule has 0 aliphatic carbocycles. The smallest absolute Gasteiger partial charge is 0.240 e. The van der Waals surface area contributed by atoms with Crippen molar-refractivity contribution >= 4 is 23.4 Å². The predicted molar refractivity (Wildman–Crippen MR) is 113 cm³/mol. The summed E-state index contributed by atoms with van der Waals surface area (Å²) in [5.74, 6) is 0.750. The average Bonchev–Trinajstić information content (AvgIpc) is 3.12. The minimum absolute atomic E-state index is 0.0368. The van der Waals surface area contributed by atoms with Gasteiger partial charge < -0.3 is 4.90 Å². The van der Waals surface area contributed by atoms with E-state index < -0.39 is 0 Å². The molecule has 2 heterocycles. The van der Waals surface area contributed by atoms with E-state index in [0.717, 1.165) is 11.3 Å². The van der Waals surface area contributed by atoms with Gasteiger partial charge in [0.1, 0.15) is 0 Å². The number of para-hydroxylation sites is 1. The van der Waals surface area contributed by atoms with Crippen molar-refractivity contribution in [2.45, 2.75) is 30.8 Å². The third-order valence-corrected chi connectivity index (χ3v) is 5.30. The van der Waals surface area contributed by atoms with Gasteiger partial charge in [0.05, 0.1) is 5.25 Å². The molecule has 1 aromatic carbocycles. The molecule has 7 heteroatoms. The lowest BCUT2D eigenvalue weighted by molar-refractivity contribution is -0.117. The van der Waals surface area contributed by atoms with Crippen LogP contribution in [0.15, 0.2) is 72.7 Å². The normalized spacial score (nSPS) is 11.8. The summed E-state index contributed by atoms with van der Waals surface area (Å²) in [6.07, 6.45) is 5.26. The Kier molecular flexibility index (Phi) is 6.60. The highest BCUT2D eigenvalue weighted by molar-refractivity contribution is 8.00. The number of allylic oxidation sites excluding steroid dienone is 1. The van der Waals surface area contributed by atoms with Crippen LogP contribution in [0.4, 0.5) is 5.69 Å². The first-order valence-corrected chi connectivity index (χ1v) is 10.0. The van der Waals surface area contributed by atoms with Crippen LogP contribution >= 0.6 is 11.8 Å². The maximum atomic E-state index is 13.0. The zero-order valence-corrected chi connectivity index (χ0v) is 16.8. The number of pyridine rings is 1. The molecule has 6 nitrogen and oxygen atoms in total. The minimum Gasteiger partial charge on any atom is -0.312 e. The van der Waals surface area contributed by atoms with E-state index in [9.17, 15) is 4.79 Å². The molecule has 0 aliphatic heterocycles. The third kappa shape index (κ3) is 4.31. The van der Waals surface area contributed by atoms with E-state index in [2.05, 4.69) is 21.8 Å². The van der Waals surface area contributed by atoms with Crippen LogP contribution in [0.5, 0.6) is 0 Å². The van der Waals surface area contributed by atoms with Crippen LogP contribution in [-0.4, -0.2) is 37.5 Å². The molecular weight excluding hydrogens is 370 g/mol. The molecule has 3 aromatic rings. The minimum atomic E-state index is -0.310. The number of benzene rings is 1. The van der Waals surface area contributed by atoms with Gasteiger partial charge in [-0.3, -0.25) is 14.3 Å². The fourth-order valence-corrected chi connectivity index (χ4v) is 3.80. The van der Waals surface area contributed by atoms with Crippen molar-refractivity contribution in [1.82, 2.24) is 19.7 Å². The quantitative estimate of drug-likeness (QED) is 0.427. The first-order chi connectivity index (χ1) is 13.7. The maximum absolute atomic E-state index is 13.0. The van der Waals surface area contributed by atoms with Crippen molar-refractivity contribution in [2.75, 3.05) is 11.4 Å².